The first kappa shape index (κ1) is 24.2. The molecular weight excluding hydrogens is 520 g/mol. The Morgan fingerprint density at radius 3 is 1.74 bits per heavy atom. The Kier molecular flexibility index (Phi) is 5.21. The van der Waals surface area contributed by atoms with Crippen molar-refractivity contribution in [3.05, 3.63) is 145 Å². The van der Waals surface area contributed by atoms with Gasteiger partial charge in [0.15, 0.2) is 0 Å². The Balaban J connectivity index is 1.51. The predicted octanol–water partition coefficient (Wildman–Crippen LogP) is 11.0. The standard InChI is InChI=1S/C41H28N2/c1-2-27-38(26-14-4-3-5-15-26)33-20-10-12-22-35(33)42-41(27)43-36-23-13-11-21-34(36)40-37(43)25-24-32-30-18-7-6-16-28(30)29-17-8-9-19-31(29)39(32)40/h3-25H,2H2,1H3. The highest BCUT2D eigenvalue weighted by Gasteiger charge is 2.22. The molecule has 202 valence electrons. The minimum absolute atomic E-state index is 0.868. The van der Waals surface area contributed by atoms with Crippen LogP contribution in [0.1, 0.15) is 12.5 Å². The molecule has 0 saturated heterocycles. The first-order chi connectivity index (χ1) is 21.3. The fourth-order valence-corrected chi connectivity index (χ4v) is 7.37. The molecule has 0 amide bonds. The molecule has 9 rings (SSSR count). The second kappa shape index (κ2) is 9.27. The van der Waals surface area contributed by atoms with E-state index in [1.807, 2.05) is 0 Å². The van der Waals surface area contributed by atoms with Crippen LogP contribution < -0.4 is 0 Å². The van der Waals surface area contributed by atoms with Gasteiger partial charge in [0.2, 0.25) is 0 Å². The maximum absolute atomic E-state index is 5.43. The first-order valence-electron chi connectivity index (χ1n) is 15.1. The Morgan fingerprint density at radius 1 is 0.465 bits per heavy atom. The van der Waals surface area contributed by atoms with E-state index in [9.17, 15) is 0 Å². The van der Waals surface area contributed by atoms with Crippen LogP contribution in [0.5, 0.6) is 0 Å². The second-order valence-electron chi connectivity index (χ2n) is 11.4. The van der Waals surface area contributed by atoms with Crippen LogP contribution in [0.15, 0.2) is 140 Å². The molecular formula is C41H28N2. The predicted molar refractivity (Wildman–Crippen MR) is 183 cm³/mol. The van der Waals surface area contributed by atoms with Gasteiger partial charge >= 0.3 is 0 Å². The molecule has 2 nitrogen and oxygen atoms in total. The van der Waals surface area contributed by atoms with E-state index in [1.165, 1.54) is 76.2 Å². The number of para-hydroxylation sites is 2. The fraction of sp³-hybridized carbons (Fsp3) is 0.0488. The Labute approximate surface area is 249 Å². The third kappa shape index (κ3) is 3.38. The topological polar surface area (TPSA) is 17.8 Å². The van der Waals surface area contributed by atoms with Crippen molar-refractivity contribution in [1.82, 2.24) is 9.55 Å². The molecule has 0 unspecified atom stereocenters. The summed E-state index contributed by atoms with van der Waals surface area (Å²) in [4.78, 5) is 5.43. The lowest BCUT2D eigenvalue weighted by molar-refractivity contribution is 1.02. The van der Waals surface area contributed by atoms with E-state index in [-0.39, 0.29) is 0 Å². The Hall–Kier alpha value is -5.47. The molecule has 0 fully saturated rings. The lowest BCUT2D eigenvalue weighted by Gasteiger charge is -2.19. The van der Waals surface area contributed by atoms with E-state index in [0.717, 1.165) is 17.8 Å². The number of fused-ring (bicyclic) bond motifs is 11. The molecule has 0 aliphatic rings. The van der Waals surface area contributed by atoms with Gasteiger partial charge in [0.05, 0.1) is 16.6 Å². The smallest absolute Gasteiger partial charge is 0.142 e. The van der Waals surface area contributed by atoms with Gasteiger partial charge in [-0.15, -0.1) is 0 Å². The number of pyridine rings is 1. The summed E-state index contributed by atoms with van der Waals surface area (Å²) in [6.07, 6.45) is 0.868. The maximum Gasteiger partial charge on any atom is 0.142 e. The molecule has 0 atom stereocenters. The van der Waals surface area contributed by atoms with Crippen molar-refractivity contribution in [3.63, 3.8) is 0 Å². The van der Waals surface area contributed by atoms with Gasteiger partial charge in [-0.3, -0.25) is 4.57 Å². The molecule has 0 N–H and O–H groups in total. The van der Waals surface area contributed by atoms with Gasteiger partial charge in [0, 0.05) is 27.1 Å². The average Bonchev–Trinajstić information content (AvgIpc) is 3.42. The highest BCUT2D eigenvalue weighted by molar-refractivity contribution is 6.35. The van der Waals surface area contributed by atoms with Crippen LogP contribution in [0, 0.1) is 0 Å². The normalized spacial score (nSPS) is 11.9. The van der Waals surface area contributed by atoms with Gasteiger partial charge in [0.1, 0.15) is 5.82 Å². The molecule has 2 aromatic heterocycles. The molecule has 0 saturated carbocycles. The molecule has 7 aromatic carbocycles. The lowest BCUT2D eigenvalue weighted by Crippen LogP contribution is -2.05. The van der Waals surface area contributed by atoms with Crippen LogP contribution >= 0.6 is 0 Å². The van der Waals surface area contributed by atoms with Crippen LogP contribution in [-0.2, 0) is 6.42 Å². The van der Waals surface area contributed by atoms with Crippen LogP contribution in [0.4, 0.5) is 0 Å². The van der Waals surface area contributed by atoms with Crippen molar-refractivity contribution >= 4 is 65.0 Å². The molecule has 2 heteroatoms. The van der Waals surface area contributed by atoms with Gasteiger partial charge in [-0.2, -0.15) is 0 Å². The summed E-state index contributed by atoms with van der Waals surface area (Å²) in [5.74, 6) is 1.01. The molecule has 0 spiro atoms. The summed E-state index contributed by atoms with van der Waals surface area (Å²) in [7, 11) is 0. The van der Waals surface area contributed by atoms with Crippen LogP contribution in [0.3, 0.4) is 0 Å². The van der Waals surface area contributed by atoms with Crippen molar-refractivity contribution in [1.29, 1.82) is 0 Å². The number of hydrogen-bond acceptors (Lipinski definition) is 1. The number of nitrogens with zero attached hydrogens (tertiary/aromatic N) is 2. The largest absolute Gasteiger partial charge is 0.294 e. The van der Waals surface area contributed by atoms with Crippen LogP contribution in [-0.4, -0.2) is 9.55 Å². The van der Waals surface area contributed by atoms with Gasteiger partial charge in [-0.1, -0.05) is 128 Å². The number of hydrogen-bond donors (Lipinski definition) is 0. The van der Waals surface area contributed by atoms with Gasteiger partial charge < -0.3 is 0 Å². The minimum atomic E-state index is 0.868. The summed E-state index contributed by atoms with van der Waals surface area (Å²) in [5.41, 5.74) is 7.13. The number of aromatic nitrogens is 2. The molecule has 43 heavy (non-hydrogen) atoms. The van der Waals surface area contributed by atoms with E-state index >= 15 is 0 Å². The molecule has 0 bridgehead atoms. The van der Waals surface area contributed by atoms with E-state index in [2.05, 4.69) is 151 Å². The molecule has 0 aliphatic heterocycles. The van der Waals surface area contributed by atoms with Crippen molar-refractivity contribution < 1.29 is 0 Å². The van der Waals surface area contributed by atoms with Crippen LogP contribution in [0.2, 0.25) is 0 Å². The monoisotopic (exact) mass is 548 g/mol. The van der Waals surface area contributed by atoms with E-state index in [1.54, 1.807) is 0 Å². The third-order valence-electron chi connectivity index (χ3n) is 9.14. The van der Waals surface area contributed by atoms with Gasteiger partial charge in [0.25, 0.3) is 0 Å². The summed E-state index contributed by atoms with van der Waals surface area (Å²) in [6, 6.07) is 50.6. The van der Waals surface area contributed by atoms with Gasteiger partial charge in [-0.05, 0) is 62.7 Å². The zero-order valence-electron chi connectivity index (χ0n) is 23.9. The minimum Gasteiger partial charge on any atom is -0.294 e. The zero-order chi connectivity index (χ0) is 28.5. The van der Waals surface area contributed by atoms with Crippen molar-refractivity contribution in [2.24, 2.45) is 0 Å². The summed E-state index contributed by atoms with van der Waals surface area (Å²) in [5, 5.41) is 11.5. The van der Waals surface area contributed by atoms with Crippen LogP contribution in [0.25, 0.3) is 82.0 Å². The lowest BCUT2D eigenvalue weighted by atomic mass is 9.92. The third-order valence-corrected chi connectivity index (χ3v) is 9.14. The highest BCUT2D eigenvalue weighted by atomic mass is 15.1. The van der Waals surface area contributed by atoms with E-state index in [4.69, 9.17) is 4.98 Å². The second-order valence-corrected chi connectivity index (χ2v) is 11.4. The Bertz CT molecular complexity index is 2500. The molecule has 9 aromatic rings. The van der Waals surface area contributed by atoms with Crippen molar-refractivity contribution in [3.8, 4) is 16.9 Å². The summed E-state index contributed by atoms with van der Waals surface area (Å²) >= 11 is 0. The van der Waals surface area contributed by atoms with Crippen molar-refractivity contribution in [2.75, 3.05) is 0 Å². The fourth-order valence-electron chi connectivity index (χ4n) is 7.37. The first-order valence-corrected chi connectivity index (χ1v) is 15.1. The SMILES string of the molecule is CCc1c(-n2c3ccccc3c3c4c5ccccc5c5ccccc5c4ccc32)nc2ccccc2c1-c1ccccc1. The quantitative estimate of drug-likeness (QED) is 0.201. The van der Waals surface area contributed by atoms with E-state index < -0.39 is 0 Å². The number of benzene rings is 7. The summed E-state index contributed by atoms with van der Waals surface area (Å²) in [6.45, 7) is 2.25. The Morgan fingerprint density at radius 2 is 1.02 bits per heavy atom. The zero-order valence-corrected chi connectivity index (χ0v) is 23.9. The maximum atomic E-state index is 5.43. The number of rotatable bonds is 3. The van der Waals surface area contributed by atoms with Gasteiger partial charge in [-0.25, -0.2) is 4.98 Å². The molecule has 0 radical (unpaired) electrons. The van der Waals surface area contributed by atoms with Crippen molar-refractivity contribution in [2.45, 2.75) is 13.3 Å². The van der Waals surface area contributed by atoms with E-state index in [0.29, 0.717) is 0 Å². The highest BCUT2D eigenvalue weighted by Crippen LogP contribution is 2.44. The molecule has 0 aliphatic carbocycles. The average molecular weight is 549 g/mol. The molecule has 2 heterocycles. The summed E-state index contributed by atoms with van der Waals surface area (Å²) < 4.78 is 2.42.